The molecule has 0 atom stereocenters. The molecular formula is C19H17Cl2FN4O. The van der Waals surface area contributed by atoms with Crippen LogP contribution in [0.25, 0.3) is 0 Å². The lowest BCUT2D eigenvalue weighted by Gasteiger charge is -2.09. The van der Waals surface area contributed by atoms with Gasteiger partial charge in [-0.3, -0.25) is 4.68 Å². The number of aryl methyl sites for hydroxylation is 1. The van der Waals surface area contributed by atoms with Gasteiger partial charge < -0.3 is 10.6 Å². The van der Waals surface area contributed by atoms with Crippen molar-refractivity contribution in [2.45, 2.75) is 20.4 Å². The Balaban J connectivity index is 1.75. The molecule has 0 aliphatic heterocycles. The average Bonchev–Trinajstić information content (AvgIpc) is 2.87. The molecule has 0 radical (unpaired) electrons. The first-order chi connectivity index (χ1) is 12.8. The smallest absolute Gasteiger partial charge is 0.308 e. The summed E-state index contributed by atoms with van der Waals surface area (Å²) in [6.07, 6.45) is 0. The van der Waals surface area contributed by atoms with Gasteiger partial charge in [0.1, 0.15) is 5.82 Å². The average molecular weight is 407 g/mol. The third-order valence-electron chi connectivity index (χ3n) is 4.06. The van der Waals surface area contributed by atoms with Crippen LogP contribution in [0.1, 0.15) is 17.0 Å². The van der Waals surface area contributed by atoms with Gasteiger partial charge in [-0.2, -0.15) is 5.10 Å². The molecule has 0 fully saturated rings. The molecule has 0 unspecified atom stereocenters. The summed E-state index contributed by atoms with van der Waals surface area (Å²) in [6.45, 7) is 4.01. The fourth-order valence-corrected chi connectivity index (χ4v) is 3.01. The van der Waals surface area contributed by atoms with Crippen molar-refractivity contribution in [1.82, 2.24) is 9.78 Å². The van der Waals surface area contributed by atoms with E-state index >= 15 is 0 Å². The maximum Gasteiger partial charge on any atom is 0.323 e. The van der Waals surface area contributed by atoms with Crippen LogP contribution in [-0.4, -0.2) is 15.8 Å². The third-order valence-corrected chi connectivity index (χ3v) is 4.66. The van der Waals surface area contributed by atoms with Crippen molar-refractivity contribution in [3.05, 3.63) is 75.3 Å². The minimum Gasteiger partial charge on any atom is -0.308 e. The molecule has 0 aliphatic rings. The Morgan fingerprint density at radius 1 is 1.11 bits per heavy atom. The number of nitrogens with one attached hydrogen (secondary N) is 2. The van der Waals surface area contributed by atoms with Crippen LogP contribution in [0.15, 0.2) is 42.5 Å². The van der Waals surface area contributed by atoms with Gasteiger partial charge in [0.25, 0.3) is 0 Å². The highest BCUT2D eigenvalue weighted by Gasteiger charge is 2.15. The first kappa shape index (κ1) is 19.2. The number of urea groups is 1. The van der Waals surface area contributed by atoms with Gasteiger partial charge >= 0.3 is 6.03 Å². The summed E-state index contributed by atoms with van der Waals surface area (Å²) in [5, 5.41) is 10.9. The number of halogens is 3. The molecule has 0 saturated heterocycles. The quantitative estimate of drug-likeness (QED) is 0.588. The minimum absolute atomic E-state index is 0.331. The highest BCUT2D eigenvalue weighted by Crippen LogP contribution is 2.24. The van der Waals surface area contributed by atoms with E-state index in [-0.39, 0.29) is 6.03 Å². The standard InChI is InChI=1S/C19H17Cl2FN4O/c1-11-18(24-19(27)23-16-7-4-14(20)5-8-16)12(2)26(25-11)10-13-3-6-15(22)9-17(13)21/h3-9H,10H2,1-2H3,(H2,23,24,27). The van der Waals surface area contributed by atoms with E-state index in [0.717, 1.165) is 11.3 Å². The molecule has 27 heavy (non-hydrogen) atoms. The molecular weight excluding hydrogens is 390 g/mol. The van der Waals surface area contributed by atoms with Gasteiger partial charge in [-0.25, -0.2) is 9.18 Å². The van der Waals surface area contributed by atoms with E-state index in [4.69, 9.17) is 23.2 Å². The van der Waals surface area contributed by atoms with Crippen LogP contribution in [0, 0.1) is 19.7 Å². The Morgan fingerprint density at radius 3 is 2.48 bits per heavy atom. The van der Waals surface area contributed by atoms with E-state index in [9.17, 15) is 9.18 Å². The molecule has 5 nitrogen and oxygen atoms in total. The number of aromatic nitrogens is 2. The third kappa shape index (κ3) is 4.59. The lowest BCUT2D eigenvalue weighted by molar-refractivity contribution is 0.262. The fraction of sp³-hybridized carbons (Fsp3) is 0.158. The van der Waals surface area contributed by atoms with Gasteiger partial charge in [0, 0.05) is 15.7 Å². The first-order valence-electron chi connectivity index (χ1n) is 8.15. The maximum absolute atomic E-state index is 13.2. The Labute approximate surface area is 166 Å². The Bertz CT molecular complexity index is 986. The topological polar surface area (TPSA) is 59.0 Å². The SMILES string of the molecule is Cc1nn(Cc2ccc(F)cc2Cl)c(C)c1NC(=O)Nc1ccc(Cl)cc1. The molecule has 2 N–H and O–H groups in total. The van der Waals surface area contributed by atoms with Gasteiger partial charge in [0.2, 0.25) is 0 Å². The zero-order chi connectivity index (χ0) is 19.6. The summed E-state index contributed by atoms with van der Waals surface area (Å²) in [6, 6.07) is 10.7. The summed E-state index contributed by atoms with van der Waals surface area (Å²) >= 11 is 11.9. The molecule has 0 saturated carbocycles. The predicted molar refractivity (Wildman–Crippen MR) is 106 cm³/mol. The van der Waals surface area contributed by atoms with Crippen molar-refractivity contribution in [2.24, 2.45) is 0 Å². The summed E-state index contributed by atoms with van der Waals surface area (Å²) in [7, 11) is 0. The Morgan fingerprint density at radius 2 is 1.81 bits per heavy atom. The van der Waals surface area contributed by atoms with Crippen molar-refractivity contribution in [3.8, 4) is 0 Å². The van der Waals surface area contributed by atoms with Crippen molar-refractivity contribution in [2.75, 3.05) is 10.6 Å². The van der Waals surface area contributed by atoms with Gasteiger partial charge in [0.05, 0.1) is 23.6 Å². The molecule has 0 bridgehead atoms. The monoisotopic (exact) mass is 406 g/mol. The van der Waals surface area contributed by atoms with Crippen LogP contribution in [0.5, 0.6) is 0 Å². The second-order valence-electron chi connectivity index (χ2n) is 6.03. The van der Waals surface area contributed by atoms with E-state index in [2.05, 4.69) is 15.7 Å². The summed E-state index contributed by atoms with van der Waals surface area (Å²) < 4.78 is 14.9. The van der Waals surface area contributed by atoms with Gasteiger partial charge in [-0.05, 0) is 55.8 Å². The van der Waals surface area contributed by atoms with Gasteiger partial charge in [0.15, 0.2) is 0 Å². The molecule has 1 aromatic heterocycles. The zero-order valence-corrected chi connectivity index (χ0v) is 16.2. The van der Waals surface area contributed by atoms with Crippen LogP contribution in [0.2, 0.25) is 10.0 Å². The number of hydrogen-bond donors (Lipinski definition) is 2. The number of rotatable bonds is 4. The number of nitrogens with zero attached hydrogens (tertiary/aromatic N) is 2. The minimum atomic E-state index is -0.390. The molecule has 3 rings (SSSR count). The van der Waals surface area contributed by atoms with E-state index in [1.807, 2.05) is 6.92 Å². The lowest BCUT2D eigenvalue weighted by Crippen LogP contribution is -2.20. The van der Waals surface area contributed by atoms with Crippen molar-refractivity contribution < 1.29 is 9.18 Å². The lowest BCUT2D eigenvalue weighted by atomic mass is 10.2. The van der Waals surface area contributed by atoms with Gasteiger partial charge in [-0.15, -0.1) is 0 Å². The number of benzene rings is 2. The molecule has 8 heteroatoms. The Kier molecular flexibility index (Phi) is 5.68. The van der Waals surface area contributed by atoms with E-state index in [1.54, 1.807) is 41.9 Å². The normalized spacial score (nSPS) is 10.7. The van der Waals surface area contributed by atoms with Crippen LogP contribution in [0.3, 0.4) is 0 Å². The van der Waals surface area contributed by atoms with E-state index < -0.39 is 5.82 Å². The number of amides is 2. The van der Waals surface area contributed by atoms with Crippen LogP contribution in [-0.2, 0) is 6.54 Å². The number of hydrogen-bond acceptors (Lipinski definition) is 2. The second-order valence-corrected chi connectivity index (χ2v) is 6.87. The Hall–Kier alpha value is -2.57. The van der Waals surface area contributed by atoms with Gasteiger partial charge in [-0.1, -0.05) is 29.3 Å². The summed E-state index contributed by atoms with van der Waals surface area (Å²) in [5.41, 5.74) is 3.40. The van der Waals surface area contributed by atoms with Crippen molar-refractivity contribution in [3.63, 3.8) is 0 Å². The predicted octanol–water partition coefficient (Wildman–Crippen LogP) is 5.64. The molecule has 0 spiro atoms. The fourth-order valence-electron chi connectivity index (χ4n) is 2.65. The number of anilines is 2. The highest BCUT2D eigenvalue weighted by atomic mass is 35.5. The molecule has 140 valence electrons. The van der Waals surface area contributed by atoms with Crippen LogP contribution >= 0.6 is 23.2 Å². The maximum atomic E-state index is 13.2. The van der Waals surface area contributed by atoms with Crippen molar-refractivity contribution >= 4 is 40.6 Å². The molecule has 3 aromatic rings. The second kappa shape index (κ2) is 7.98. The van der Waals surface area contributed by atoms with Crippen LogP contribution in [0.4, 0.5) is 20.6 Å². The molecule has 1 heterocycles. The highest BCUT2D eigenvalue weighted by molar-refractivity contribution is 6.31. The van der Waals surface area contributed by atoms with Crippen molar-refractivity contribution in [1.29, 1.82) is 0 Å². The zero-order valence-electron chi connectivity index (χ0n) is 14.7. The number of carbonyl (C=O) groups excluding carboxylic acids is 1. The molecule has 2 aromatic carbocycles. The van der Waals surface area contributed by atoms with Crippen LogP contribution < -0.4 is 10.6 Å². The molecule has 2 amide bonds. The number of carbonyl (C=O) groups is 1. The molecule has 0 aliphatic carbocycles. The van der Waals surface area contributed by atoms with E-state index in [0.29, 0.717) is 33.7 Å². The summed E-state index contributed by atoms with van der Waals surface area (Å²) in [4.78, 5) is 12.3. The summed E-state index contributed by atoms with van der Waals surface area (Å²) in [5.74, 6) is -0.390. The first-order valence-corrected chi connectivity index (χ1v) is 8.90. The van der Waals surface area contributed by atoms with E-state index in [1.165, 1.54) is 12.1 Å². The largest absolute Gasteiger partial charge is 0.323 e.